The summed E-state index contributed by atoms with van der Waals surface area (Å²) in [4.78, 5) is 23.2. The lowest BCUT2D eigenvalue weighted by atomic mass is 10.7. The highest BCUT2D eigenvalue weighted by atomic mass is 32.2. The fraction of sp³-hybridized carbons (Fsp3) is 0.600. The van der Waals surface area contributed by atoms with Crippen molar-refractivity contribution in [3.63, 3.8) is 0 Å². The molecule has 0 bridgehead atoms. The lowest BCUT2D eigenvalue weighted by Gasteiger charge is -2.33. The monoisotopic (exact) mass is 175 g/mol. The van der Waals surface area contributed by atoms with Gasteiger partial charge in [0.1, 0.15) is 0 Å². The van der Waals surface area contributed by atoms with Crippen LogP contribution in [0.1, 0.15) is 0 Å². The Labute approximate surface area is 69.2 Å². The zero-order valence-electron chi connectivity index (χ0n) is 6.57. The first kappa shape index (κ1) is 8.19. The van der Waals surface area contributed by atoms with Crippen molar-refractivity contribution in [2.24, 2.45) is 0 Å². The molecule has 0 aliphatic carbocycles. The van der Waals surface area contributed by atoms with Gasteiger partial charge in [0, 0.05) is 21.1 Å². The number of hydrogen-bond donors (Lipinski definition) is 0. The summed E-state index contributed by atoms with van der Waals surface area (Å²) in [5.74, 6) is 0. The van der Waals surface area contributed by atoms with Crippen molar-refractivity contribution < 1.29 is 9.59 Å². The average molecular weight is 175 g/mol. The summed E-state index contributed by atoms with van der Waals surface area (Å²) in [6.45, 7) is 0. The van der Waals surface area contributed by atoms with Crippen LogP contribution in [0.15, 0.2) is 0 Å². The van der Waals surface area contributed by atoms with Crippen molar-refractivity contribution in [2.75, 3.05) is 21.1 Å². The van der Waals surface area contributed by atoms with Gasteiger partial charge in [-0.15, -0.1) is 0 Å². The summed E-state index contributed by atoms with van der Waals surface area (Å²) in [5.41, 5.74) is 0. The van der Waals surface area contributed by atoms with Gasteiger partial charge < -0.3 is 0 Å². The van der Waals surface area contributed by atoms with E-state index < -0.39 is 0 Å². The largest absolute Gasteiger partial charge is 0.338 e. The first-order chi connectivity index (χ1) is 5.04. The summed E-state index contributed by atoms with van der Waals surface area (Å²) in [7, 11) is 4.69. The molecule has 62 valence electrons. The predicted molar refractivity (Wildman–Crippen MR) is 41.7 cm³/mol. The Morgan fingerprint density at radius 1 is 1.00 bits per heavy atom. The van der Waals surface area contributed by atoms with Crippen LogP contribution in [0.25, 0.3) is 0 Å². The number of urea groups is 2. The van der Waals surface area contributed by atoms with E-state index in [1.807, 2.05) is 0 Å². The zero-order chi connectivity index (χ0) is 8.59. The van der Waals surface area contributed by atoms with Crippen LogP contribution in [-0.4, -0.2) is 46.7 Å². The van der Waals surface area contributed by atoms with Crippen molar-refractivity contribution in [2.45, 2.75) is 0 Å². The molecule has 5 nitrogen and oxygen atoms in total. The molecular formula is C5H9N3O2S. The highest BCUT2D eigenvalue weighted by Crippen LogP contribution is 2.20. The van der Waals surface area contributed by atoms with E-state index >= 15 is 0 Å². The minimum atomic E-state index is -0.293. The minimum Gasteiger partial charge on any atom is -0.253 e. The van der Waals surface area contributed by atoms with Crippen molar-refractivity contribution >= 4 is 24.2 Å². The number of carbonyl (C=O) groups is 2. The number of rotatable bonds is 0. The molecule has 1 rings (SSSR count). The smallest absolute Gasteiger partial charge is 0.253 e. The third-order valence-corrected chi connectivity index (χ3v) is 2.16. The minimum absolute atomic E-state index is 0.293. The molecule has 0 radical (unpaired) electrons. The summed E-state index contributed by atoms with van der Waals surface area (Å²) < 4.78 is 2.78. The van der Waals surface area contributed by atoms with Gasteiger partial charge in [-0.2, -0.15) is 0 Å². The number of carbonyl (C=O) groups excluding carboxylic acids is 2. The van der Waals surface area contributed by atoms with E-state index in [2.05, 4.69) is 0 Å². The molecule has 1 aliphatic rings. The predicted octanol–water partition coefficient (Wildman–Crippen LogP) is 0.599. The molecule has 1 fully saturated rings. The molecular weight excluding hydrogens is 166 g/mol. The number of amides is 4. The molecule has 6 heteroatoms. The molecule has 1 heterocycles. The molecule has 1 aliphatic heterocycles. The molecule has 11 heavy (non-hydrogen) atoms. The maximum absolute atomic E-state index is 11.1. The number of nitrogens with zero attached hydrogens (tertiary/aromatic N) is 3. The van der Waals surface area contributed by atoms with Gasteiger partial charge in [-0.3, -0.25) is 8.61 Å². The van der Waals surface area contributed by atoms with Crippen LogP contribution < -0.4 is 0 Å². The van der Waals surface area contributed by atoms with Gasteiger partial charge in [0.25, 0.3) is 0 Å². The van der Waals surface area contributed by atoms with E-state index in [4.69, 9.17) is 0 Å². The maximum Gasteiger partial charge on any atom is 0.338 e. The van der Waals surface area contributed by atoms with Gasteiger partial charge in [0.2, 0.25) is 0 Å². The Kier molecular flexibility index (Phi) is 1.95. The molecule has 1 saturated heterocycles. The van der Waals surface area contributed by atoms with Gasteiger partial charge in [0.05, 0.1) is 12.1 Å². The first-order valence-electron chi connectivity index (χ1n) is 3.01. The van der Waals surface area contributed by atoms with Crippen LogP contribution in [0, 0.1) is 0 Å². The van der Waals surface area contributed by atoms with E-state index in [0.717, 1.165) is 17.0 Å². The van der Waals surface area contributed by atoms with Gasteiger partial charge in [-0.05, 0) is 0 Å². The number of imide groups is 1. The fourth-order valence-electron chi connectivity index (χ4n) is 0.758. The Balaban J connectivity index is 2.79. The SMILES string of the molecule is CN1SN(C)C(=O)N(C)C1=O. The lowest BCUT2D eigenvalue weighted by Crippen LogP contribution is -2.50. The Hall–Kier alpha value is -0.910. The second-order valence-electron chi connectivity index (χ2n) is 2.20. The molecule has 0 atom stereocenters. The number of hydrogen-bond acceptors (Lipinski definition) is 3. The molecule has 0 saturated carbocycles. The van der Waals surface area contributed by atoms with Crippen molar-refractivity contribution in [3.8, 4) is 0 Å². The average Bonchev–Trinajstić information content (AvgIpc) is 1.97. The molecule has 0 aromatic heterocycles. The Morgan fingerprint density at radius 2 is 1.36 bits per heavy atom. The van der Waals surface area contributed by atoms with Gasteiger partial charge in [-0.1, -0.05) is 0 Å². The van der Waals surface area contributed by atoms with Crippen LogP contribution in [0.4, 0.5) is 9.59 Å². The highest BCUT2D eigenvalue weighted by molar-refractivity contribution is 7.95. The highest BCUT2D eigenvalue weighted by Gasteiger charge is 2.31. The maximum atomic E-state index is 11.1. The molecule has 0 unspecified atom stereocenters. The van der Waals surface area contributed by atoms with Crippen molar-refractivity contribution in [1.29, 1.82) is 0 Å². The third-order valence-electron chi connectivity index (χ3n) is 1.36. The topological polar surface area (TPSA) is 43.9 Å². The summed E-state index contributed by atoms with van der Waals surface area (Å²) in [5, 5.41) is 0. The van der Waals surface area contributed by atoms with E-state index in [1.165, 1.54) is 15.7 Å². The Morgan fingerprint density at radius 3 is 1.73 bits per heavy atom. The van der Waals surface area contributed by atoms with E-state index in [9.17, 15) is 9.59 Å². The molecule has 0 aromatic carbocycles. The molecule has 4 amide bonds. The van der Waals surface area contributed by atoms with Crippen LogP contribution in [0.5, 0.6) is 0 Å². The molecule has 0 N–H and O–H groups in total. The van der Waals surface area contributed by atoms with Crippen molar-refractivity contribution in [3.05, 3.63) is 0 Å². The summed E-state index contributed by atoms with van der Waals surface area (Å²) in [6.07, 6.45) is 0. The van der Waals surface area contributed by atoms with Crippen molar-refractivity contribution in [1.82, 2.24) is 13.5 Å². The van der Waals surface area contributed by atoms with Crippen LogP contribution in [0.2, 0.25) is 0 Å². The third kappa shape index (κ3) is 1.25. The fourth-order valence-corrected chi connectivity index (χ4v) is 1.51. The molecule has 0 spiro atoms. The second kappa shape index (κ2) is 2.61. The van der Waals surface area contributed by atoms with Crippen LogP contribution in [0.3, 0.4) is 0 Å². The van der Waals surface area contributed by atoms with Gasteiger partial charge >= 0.3 is 12.1 Å². The van der Waals surface area contributed by atoms with E-state index in [1.54, 1.807) is 14.1 Å². The quantitative estimate of drug-likeness (QED) is 0.506. The lowest BCUT2D eigenvalue weighted by molar-refractivity contribution is 0.172. The van der Waals surface area contributed by atoms with Crippen LogP contribution in [-0.2, 0) is 0 Å². The normalized spacial score (nSPS) is 19.7. The van der Waals surface area contributed by atoms with Gasteiger partial charge in [0.15, 0.2) is 0 Å². The Bertz CT molecular complexity index is 188. The standard InChI is InChI=1S/C5H9N3O2S/c1-6-4(9)7(2)11-8(3)5(6)10/h1-3H3. The van der Waals surface area contributed by atoms with E-state index in [-0.39, 0.29) is 12.1 Å². The second-order valence-corrected chi connectivity index (χ2v) is 3.46. The zero-order valence-corrected chi connectivity index (χ0v) is 7.38. The van der Waals surface area contributed by atoms with E-state index in [0.29, 0.717) is 0 Å². The summed E-state index contributed by atoms with van der Waals surface area (Å²) >= 11 is 1.09. The van der Waals surface area contributed by atoms with Crippen LogP contribution >= 0.6 is 12.1 Å². The van der Waals surface area contributed by atoms with Gasteiger partial charge in [-0.25, -0.2) is 14.5 Å². The summed E-state index contributed by atoms with van der Waals surface area (Å²) in [6, 6.07) is -0.587. The first-order valence-corrected chi connectivity index (χ1v) is 3.74. The molecule has 0 aromatic rings.